The summed E-state index contributed by atoms with van der Waals surface area (Å²) >= 11 is 0. The van der Waals surface area contributed by atoms with Gasteiger partial charge in [0.05, 0.1) is 5.41 Å². The van der Waals surface area contributed by atoms with Crippen molar-refractivity contribution in [2.45, 2.75) is 77.9 Å². The molecule has 2 bridgehead atoms. The fourth-order valence-electron chi connectivity index (χ4n) is 8.52. The molecule has 1 N–H and O–H groups in total. The number of ether oxygens (including phenoxy) is 2. The van der Waals surface area contributed by atoms with E-state index < -0.39 is 11.4 Å². The van der Waals surface area contributed by atoms with Crippen LogP contribution in [-0.2, 0) is 14.3 Å². The number of methoxy groups -OCH3 is 2. The van der Waals surface area contributed by atoms with Gasteiger partial charge in [0.1, 0.15) is 0 Å². The number of carboxylic acid groups (broad SMARTS) is 1. The Kier molecular flexibility index (Phi) is 4.47. The van der Waals surface area contributed by atoms with Crippen LogP contribution in [0.15, 0.2) is 0 Å². The molecule has 0 heterocycles. The molecule has 0 aromatic heterocycles. The molecule has 0 aliphatic heterocycles. The molecule has 1 spiro atoms. The highest BCUT2D eigenvalue weighted by Crippen LogP contribution is 2.72. The van der Waals surface area contributed by atoms with E-state index in [0.717, 1.165) is 19.3 Å². The Morgan fingerprint density at radius 1 is 1.00 bits per heavy atom. The molecule has 0 aromatic carbocycles. The molecular weight excluding hydrogens is 328 g/mol. The van der Waals surface area contributed by atoms with Gasteiger partial charge in [-0.15, -0.1) is 0 Å². The maximum atomic E-state index is 12.2. The highest BCUT2D eigenvalue weighted by atomic mass is 16.7. The van der Waals surface area contributed by atoms with Crippen LogP contribution in [0.3, 0.4) is 0 Å². The Morgan fingerprint density at radius 2 is 1.73 bits per heavy atom. The third-order valence-corrected chi connectivity index (χ3v) is 9.49. The molecule has 4 aliphatic rings. The monoisotopic (exact) mass is 364 g/mol. The molecule has 0 radical (unpaired) electrons. The molecule has 0 unspecified atom stereocenters. The molecule has 0 saturated heterocycles. The number of carbonyl (C=O) groups is 1. The van der Waals surface area contributed by atoms with Crippen molar-refractivity contribution in [2.75, 3.05) is 14.2 Å². The number of rotatable bonds is 4. The van der Waals surface area contributed by atoms with Crippen molar-refractivity contribution in [1.29, 1.82) is 0 Å². The van der Waals surface area contributed by atoms with Gasteiger partial charge < -0.3 is 14.6 Å². The fraction of sp³-hybridized carbons (Fsp3) is 0.955. The first-order valence-corrected chi connectivity index (χ1v) is 10.6. The molecule has 4 rings (SSSR count). The van der Waals surface area contributed by atoms with Gasteiger partial charge in [0.2, 0.25) is 0 Å². The topological polar surface area (TPSA) is 55.8 Å². The molecule has 4 fully saturated rings. The second kappa shape index (κ2) is 6.20. The van der Waals surface area contributed by atoms with Gasteiger partial charge in [0.15, 0.2) is 6.29 Å². The molecule has 26 heavy (non-hydrogen) atoms. The third-order valence-electron chi connectivity index (χ3n) is 9.49. The highest BCUT2D eigenvalue weighted by molar-refractivity contribution is 5.75. The van der Waals surface area contributed by atoms with Crippen LogP contribution in [0.2, 0.25) is 0 Å². The first-order valence-electron chi connectivity index (χ1n) is 10.6. The van der Waals surface area contributed by atoms with Crippen LogP contribution < -0.4 is 0 Å². The lowest BCUT2D eigenvalue weighted by Crippen LogP contribution is -2.58. The summed E-state index contributed by atoms with van der Waals surface area (Å²) in [6.45, 7) is 4.48. The van der Waals surface area contributed by atoms with Crippen LogP contribution in [0.1, 0.15) is 71.6 Å². The van der Waals surface area contributed by atoms with Gasteiger partial charge in [-0.2, -0.15) is 0 Å². The summed E-state index contributed by atoms with van der Waals surface area (Å²) in [5.41, 5.74) is 0.0368. The minimum Gasteiger partial charge on any atom is -0.481 e. The predicted molar refractivity (Wildman–Crippen MR) is 99.6 cm³/mol. The van der Waals surface area contributed by atoms with Crippen molar-refractivity contribution in [3.63, 3.8) is 0 Å². The minimum absolute atomic E-state index is 0.0840. The Hall–Kier alpha value is -0.610. The van der Waals surface area contributed by atoms with E-state index in [-0.39, 0.29) is 11.7 Å². The summed E-state index contributed by atoms with van der Waals surface area (Å²) in [5, 5.41) is 10.0. The SMILES string of the molecule is COC(OC)[C@@H]1C[C@@]23CC[C@H]4[C@@](C)(CCC[C@]4(C)C(=O)O)[C@@H]2CC[C@@H]1C3. The standard InChI is InChI=1S/C22H36O4/c1-20-9-5-10-21(2,19(23)24)16(20)8-11-22-12-14(6-7-17(20)22)15(13-22)18(25-3)26-4/h14-18H,5-13H2,1-4H3,(H,23,24)/t14-,15-,16+,17+,20-,21+,22+/m1/s1. The Labute approximate surface area is 158 Å². The summed E-state index contributed by atoms with van der Waals surface area (Å²) in [6.07, 6.45) is 10.4. The zero-order chi connectivity index (χ0) is 18.7. The maximum absolute atomic E-state index is 12.2. The Morgan fingerprint density at radius 3 is 2.38 bits per heavy atom. The fourth-order valence-corrected chi connectivity index (χ4v) is 8.52. The summed E-state index contributed by atoms with van der Waals surface area (Å²) in [7, 11) is 3.53. The number of aliphatic carboxylic acids is 1. The summed E-state index contributed by atoms with van der Waals surface area (Å²) in [5.74, 6) is 1.65. The summed E-state index contributed by atoms with van der Waals surface area (Å²) in [6, 6.07) is 0. The van der Waals surface area contributed by atoms with Gasteiger partial charge in [-0.1, -0.05) is 13.3 Å². The molecule has 0 amide bonds. The van der Waals surface area contributed by atoms with Crippen LogP contribution in [0.25, 0.3) is 0 Å². The van der Waals surface area contributed by atoms with Crippen LogP contribution in [0.4, 0.5) is 0 Å². The van der Waals surface area contributed by atoms with E-state index in [0.29, 0.717) is 29.1 Å². The molecule has 4 nitrogen and oxygen atoms in total. The van der Waals surface area contributed by atoms with E-state index in [2.05, 4.69) is 6.92 Å². The maximum Gasteiger partial charge on any atom is 0.309 e. The average molecular weight is 365 g/mol. The number of fused-ring (bicyclic) bond motifs is 3. The van der Waals surface area contributed by atoms with Gasteiger partial charge in [-0.05, 0) is 86.9 Å². The molecule has 148 valence electrons. The van der Waals surface area contributed by atoms with E-state index in [9.17, 15) is 9.90 Å². The zero-order valence-electron chi connectivity index (χ0n) is 16.9. The first kappa shape index (κ1) is 18.7. The normalized spacial score (nSPS) is 50.3. The summed E-state index contributed by atoms with van der Waals surface area (Å²) in [4.78, 5) is 12.2. The quantitative estimate of drug-likeness (QED) is 0.734. The van der Waals surface area contributed by atoms with Crippen molar-refractivity contribution in [1.82, 2.24) is 0 Å². The second-order valence-electron chi connectivity index (χ2n) is 10.3. The number of carboxylic acids is 1. The first-order chi connectivity index (χ1) is 12.3. The second-order valence-corrected chi connectivity index (χ2v) is 10.3. The lowest BCUT2D eigenvalue weighted by molar-refractivity contribution is -0.181. The van der Waals surface area contributed by atoms with E-state index in [1.54, 1.807) is 14.2 Å². The molecular formula is C22H36O4. The Balaban J connectivity index is 1.66. The highest BCUT2D eigenvalue weighted by Gasteiger charge is 2.66. The molecule has 0 aromatic rings. The summed E-state index contributed by atoms with van der Waals surface area (Å²) < 4.78 is 11.3. The predicted octanol–water partition coefficient (Wildman–Crippen LogP) is 4.72. The van der Waals surface area contributed by atoms with Crippen LogP contribution >= 0.6 is 0 Å². The number of hydrogen-bond acceptors (Lipinski definition) is 3. The van der Waals surface area contributed by atoms with Crippen molar-refractivity contribution in [3.8, 4) is 0 Å². The van der Waals surface area contributed by atoms with Gasteiger partial charge in [0.25, 0.3) is 0 Å². The average Bonchev–Trinajstić information content (AvgIpc) is 2.86. The van der Waals surface area contributed by atoms with Gasteiger partial charge in [-0.3, -0.25) is 4.79 Å². The van der Waals surface area contributed by atoms with Gasteiger partial charge >= 0.3 is 5.97 Å². The van der Waals surface area contributed by atoms with Crippen molar-refractivity contribution in [3.05, 3.63) is 0 Å². The smallest absolute Gasteiger partial charge is 0.309 e. The van der Waals surface area contributed by atoms with E-state index in [1.807, 2.05) is 6.92 Å². The largest absolute Gasteiger partial charge is 0.481 e. The zero-order valence-corrected chi connectivity index (χ0v) is 16.9. The molecule has 4 saturated carbocycles. The Bertz CT molecular complexity index is 572. The van der Waals surface area contributed by atoms with E-state index in [1.165, 1.54) is 38.5 Å². The van der Waals surface area contributed by atoms with E-state index >= 15 is 0 Å². The van der Waals surface area contributed by atoms with Crippen molar-refractivity contribution >= 4 is 5.97 Å². The van der Waals surface area contributed by atoms with Gasteiger partial charge in [-0.25, -0.2) is 0 Å². The van der Waals surface area contributed by atoms with Crippen LogP contribution in [0.5, 0.6) is 0 Å². The number of hydrogen-bond donors (Lipinski definition) is 1. The van der Waals surface area contributed by atoms with Crippen molar-refractivity contribution in [2.24, 2.45) is 39.9 Å². The minimum atomic E-state index is -0.568. The molecule has 4 aliphatic carbocycles. The van der Waals surface area contributed by atoms with Crippen molar-refractivity contribution < 1.29 is 19.4 Å². The third kappa shape index (κ3) is 2.37. The van der Waals surface area contributed by atoms with Gasteiger partial charge in [0, 0.05) is 20.1 Å². The molecule has 7 atom stereocenters. The van der Waals surface area contributed by atoms with E-state index in [4.69, 9.17) is 9.47 Å². The van der Waals surface area contributed by atoms with Crippen LogP contribution in [-0.4, -0.2) is 31.6 Å². The molecule has 4 heteroatoms. The lowest BCUT2D eigenvalue weighted by atomic mass is 9.41. The van der Waals surface area contributed by atoms with Crippen LogP contribution in [0, 0.1) is 39.9 Å². The lowest BCUT2D eigenvalue weighted by Gasteiger charge is -2.63.